The predicted molar refractivity (Wildman–Crippen MR) is 269 cm³/mol. The van der Waals surface area contributed by atoms with Gasteiger partial charge in [0.2, 0.25) is 0 Å². The van der Waals surface area contributed by atoms with Crippen LogP contribution in [0, 0.1) is 0 Å². The summed E-state index contributed by atoms with van der Waals surface area (Å²) in [5, 5.41) is 0. The first-order valence-electron chi connectivity index (χ1n) is 25.1. The van der Waals surface area contributed by atoms with E-state index in [2.05, 4.69) is 130 Å². The molecule has 0 bridgehead atoms. The summed E-state index contributed by atoms with van der Waals surface area (Å²) < 4.78 is 16.6. The molecular weight excluding hydrogens is 781 g/mol. The third kappa shape index (κ3) is 48.7. The molecule has 0 saturated heterocycles. The summed E-state index contributed by atoms with van der Waals surface area (Å²) in [5.41, 5.74) is 0. The highest BCUT2D eigenvalue weighted by Gasteiger charge is 2.19. The fourth-order valence-electron chi connectivity index (χ4n) is 6.34. The molecule has 0 aromatic heterocycles. The third-order valence-corrected chi connectivity index (χ3v) is 10.1. The standard InChI is InChI=1S/C57H90O6/c1-4-7-10-13-16-19-21-23-25-27-29-31-33-35-38-41-44-47-50-56(59)62-53-54(52-61-55(58)49-46-43-40-37-18-15-12-9-6-3)63-57(60)51-48-45-42-39-36-34-32-30-28-26-24-22-20-17-14-11-8-5-2/h9,12,16,18-19,21-32,37,43,46,54H,4-8,10-11,13-15,17,20,33-36,38-42,44-45,47-53H2,1-3H3/b12-9-,19-16-,23-21-,24-22-,27-25-,28-26-,31-29-,32-30-,37-18-,46-43-. The van der Waals surface area contributed by atoms with Gasteiger partial charge in [-0.2, -0.15) is 0 Å². The van der Waals surface area contributed by atoms with Gasteiger partial charge in [-0.05, 0) is 83.5 Å². The molecular formula is C57H90O6. The average Bonchev–Trinajstić information content (AvgIpc) is 3.28. The molecule has 63 heavy (non-hydrogen) atoms. The van der Waals surface area contributed by atoms with Crippen molar-refractivity contribution in [2.45, 2.75) is 207 Å². The Labute approximate surface area is 386 Å². The van der Waals surface area contributed by atoms with Gasteiger partial charge in [0.1, 0.15) is 13.2 Å². The number of esters is 3. The molecule has 0 spiro atoms. The number of carbonyl (C=O) groups is 3. The number of hydrogen-bond acceptors (Lipinski definition) is 6. The zero-order valence-corrected chi connectivity index (χ0v) is 40.3. The maximum Gasteiger partial charge on any atom is 0.309 e. The summed E-state index contributed by atoms with van der Waals surface area (Å²) in [5.74, 6) is -1.11. The molecule has 0 aliphatic rings. The van der Waals surface area contributed by atoms with Crippen LogP contribution in [0.1, 0.15) is 201 Å². The summed E-state index contributed by atoms with van der Waals surface area (Å²) in [4.78, 5) is 37.8. The first kappa shape index (κ1) is 58.8. The van der Waals surface area contributed by atoms with Crippen molar-refractivity contribution in [1.29, 1.82) is 0 Å². The topological polar surface area (TPSA) is 78.9 Å². The van der Waals surface area contributed by atoms with Crippen LogP contribution in [0.2, 0.25) is 0 Å². The number of hydrogen-bond donors (Lipinski definition) is 0. The Hall–Kier alpha value is -4.19. The van der Waals surface area contributed by atoms with Gasteiger partial charge >= 0.3 is 17.9 Å². The molecule has 0 saturated carbocycles. The molecule has 0 fully saturated rings. The van der Waals surface area contributed by atoms with Crippen molar-refractivity contribution in [1.82, 2.24) is 0 Å². The van der Waals surface area contributed by atoms with Crippen LogP contribution in [-0.4, -0.2) is 37.2 Å². The number of allylic oxidation sites excluding steroid dienone is 19. The predicted octanol–water partition coefficient (Wildman–Crippen LogP) is 16.5. The van der Waals surface area contributed by atoms with Crippen LogP contribution in [0.15, 0.2) is 122 Å². The summed E-state index contributed by atoms with van der Waals surface area (Å²) in [7, 11) is 0. The number of ether oxygens (including phenoxy) is 3. The highest BCUT2D eigenvalue weighted by atomic mass is 16.6. The molecule has 1 unspecified atom stereocenters. The third-order valence-electron chi connectivity index (χ3n) is 10.1. The van der Waals surface area contributed by atoms with Gasteiger partial charge in [-0.15, -0.1) is 0 Å². The van der Waals surface area contributed by atoms with E-state index in [0.29, 0.717) is 6.42 Å². The average molecular weight is 871 g/mol. The maximum atomic E-state index is 12.8. The summed E-state index contributed by atoms with van der Waals surface area (Å²) in [6.45, 7) is 6.31. The highest BCUT2D eigenvalue weighted by molar-refractivity contribution is 5.72. The lowest BCUT2D eigenvalue weighted by atomic mass is 10.1. The molecule has 0 amide bonds. The lowest BCUT2D eigenvalue weighted by Gasteiger charge is -2.18. The fraction of sp³-hybridized carbons (Fsp3) is 0.596. The molecule has 1 atom stereocenters. The first-order chi connectivity index (χ1) is 31.0. The monoisotopic (exact) mass is 871 g/mol. The molecule has 0 radical (unpaired) electrons. The summed E-state index contributed by atoms with van der Waals surface area (Å²) in [6, 6.07) is 0. The minimum Gasteiger partial charge on any atom is -0.462 e. The van der Waals surface area contributed by atoms with E-state index in [4.69, 9.17) is 14.2 Å². The Balaban J connectivity index is 4.50. The minimum atomic E-state index is -0.837. The molecule has 0 aliphatic carbocycles. The van der Waals surface area contributed by atoms with Crippen molar-refractivity contribution in [2.24, 2.45) is 0 Å². The van der Waals surface area contributed by atoms with Crippen molar-refractivity contribution >= 4 is 17.9 Å². The van der Waals surface area contributed by atoms with Crippen LogP contribution in [0.5, 0.6) is 0 Å². The summed E-state index contributed by atoms with van der Waals surface area (Å²) in [6.07, 6.45) is 69.2. The van der Waals surface area contributed by atoms with Gasteiger partial charge < -0.3 is 14.2 Å². The molecule has 0 rings (SSSR count). The Bertz CT molecular complexity index is 1370. The lowest BCUT2D eigenvalue weighted by Crippen LogP contribution is -2.30. The molecule has 0 heterocycles. The van der Waals surface area contributed by atoms with Gasteiger partial charge in [-0.3, -0.25) is 14.4 Å². The van der Waals surface area contributed by atoms with Crippen molar-refractivity contribution in [2.75, 3.05) is 13.2 Å². The zero-order valence-electron chi connectivity index (χ0n) is 40.3. The van der Waals surface area contributed by atoms with Gasteiger partial charge in [0.15, 0.2) is 6.10 Å². The zero-order chi connectivity index (χ0) is 45.8. The molecule has 6 nitrogen and oxygen atoms in total. The molecule has 6 heteroatoms. The van der Waals surface area contributed by atoms with E-state index >= 15 is 0 Å². The van der Waals surface area contributed by atoms with Crippen LogP contribution in [0.3, 0.4) is 0 Å². The van der Waals surface area contributed by atoms with Gasteiger partial charge in [0, 0.05) is 12.8 Å². The minimum absolute atomic E-state index is 0.121. The second kappa shape index (κ2) is 50.5. The van der Waals surface area contributed by atoms with Crippen LogP contribution in [0.4, 0.5) is 0 Å². The van der Waals surface area contributed by atoms with Crippen molar-refractivity contribution in [3.63, 3.8) is 0 Å². The maximum absolute atomic E-state index is 12.8. The van der Waals surface area contributed by atoms with Gasteiger partial charge in [0.05, 0.1) is 6.42 Å². The van der Waals surface area contributed by atoms with Crippen LogP contribution < -0.4 is 0 Å². The number of rotatable bonds is 43. The van der Waals surface area contributed by atoms with E-state index in [-0.39, 0.29) is 38.0 Å². The van der Waals surface area contributed by atoms with Crippen molar-refractivity contribution < 1.29 is 28.6 Å². The van der Waals surface area contributed by atoms with E-state index in [1.807, 2.05) is 6.08 Å². The van der Waals surface area contributed by atoms with E-state index in [0.717, 1.165) is 109 Å². The lowest BCUT2D eigenvalue weighted by molar-refractivity contribution is -0.166. The van der Waals surface area contributed by atoms with E-state index in [9.17, 15) is 14.4 Å². The van der Waals surface area contributed by atoms with Gasteiger partial charge in [-0.1, -0.05) is 219 Å². The fourth-order valence-corrected chi connectivity index (χ4v) is 6.34. The van der Waals surface area contributed by atoms with E-state index < -0.39 is 12.1 Å². The molecule has 0 aliphatic heterocycles. The normalized spacial score (nSPS) is 13.1. The van der Waals surface area contributed by atoms with Gasteiger partial charge in [-0.25, -0.2) is 0 Å². The van der Waals surface area contributed by atoms with E-state index in [1.165, 1.54) is 51.4 Å². The Morgan fingerprint density at radius 3 is 1.22 bits per heavy atom. The summed E-state index contributed by atoms with van der Waals surface area (Å²) >= 11 is 0. The second-order valence-corrected chi connectivity index (χ2v) is 16.2. The smallest absolute Gasteiger partial charge is 0.309 e. The highest BCUT2D eigenvalue weighted by Crippen LogP contribution is 2.12. The van der Waals surface area contributed by atoms with Crippen LogP contribution in [0.25, 0.3) is 0 Å². The van der Waals surface area contributed by atoms with Crippen molar-refractivity contribution in [3.05, 3.63) is 122 Å². The van der Waals surface area contributed by atoms with Gasteiger partial charge in [0.25, 0.3) is 0 Å². The quantitative estimate of drug-likeness (QED) is 0.0200. The second-order valence-electron chi connectivity index (χ2n) is 16.2. The van der Waals surface area contributed by atoms with Crippen LogP contribution >= 0.6 is 0 Å². The largest absolute Gasteiger partial charge is 0.462 e. The SMILES string of the molecule is CC/C=C\C/C=C\C/C=C\CC(=O)OCC(COC(=O)CCCCCCC\C=C/C=C\C=C/C=C\CCCCC)OC(=O)CCCCCCC\C=C/C=C\C=C/CCCCCCC. The number of unbranched alkanes of at least 4 members (excludes halogenated alkanes) is 18. The number of carbonyl (C=O) groups excluding carboxylic acids is 3. The molecule has 0 N–H and O–H groups in total. The molecule has 0 aromatic carbocycles. The Kier molecular flexibility index (Phi) is 47.1. The first-order valence-corrected chi connectivity index (χ1v) is 25.1. The Morgan fingerprint density at radius 2 is 0.730 bits per heavy atom. The Morgan fingerprint density at radius 1 is 0.365 bits per heavy atom. The molecule has 0 aromatic rings. The molecule has 354 valence electrons. The van der Waals surface area contributed by atoms with E-state index in [1.54, 1.807) is 6.08 Å². The van der Waals surface area contributed by atoms with Crippen molar-refractivity contribution in [3.8, 4) is 0 Å². The van der Waals surface area contributed by atoms with Crippen LogP contribution in [-0.2, 0) is 28.6 Å².